The second-order valence-electron chi connectivity index (χ2n) is 4.70. The molecule has 1 heterocycles. The van der Waals surface area contributed by atoms with E-state index in [0.29, 0.717) is 22.5 Å². The number of para-hydroxylation sites is 1. The number of nitrogens with one attached hydrogen (secondary N) is 1. The predicted octanol–water partition coefficient (Wildman–Crippen LogP) is 3.67. The van der Waals surface area contributed by atoms with E-state index < -0.39 is 0 Å². The van der Waals surface area contributed by atoms with Crippen LogP contribution in [0.1, 0.15) is 5.56 Å². The molecule has 0 saturated carbocycles. The van der Waals surface area contributed by atoms with Crippen molar-refractivity contribution in [1.82, 2.24) is 9.97 Å². The Bertz CT molecular complexity index is 887. The molecule has 0 saturated heterocycles. The summed E-state index contributed by atoms with van der Waals surface area (Å²) >= 11 is 3.46. The summed E-state index contributed by atoms with van der Waals surface area (Å²) in [5.41, 5.74) is 2.28. The van der Waals surface area contributed by atoms with Crippen LogP contribution in [0.4, 0.5) is 0 Å². The van der Waals surface area contributed by atoms with Gasteiger partial charge in [0, 0.05) is 0 Å². The third-order valence-corrected chi connectivity index (χ3v) is 4.00. The van der Waals surface area contributed by atoms with Gasteiger partial charge in [0.1, 0.15) is 11.6 Å². The molecule has 3 aromatic rings. The van der Waals surface area contributed by atoms with Crippen molar-refractivity contribution in [2.45, 2.75) is 6.92 Å². The number of aryl methyl sites for hydroxylation is 1. The SMILES string of the molecule is COc1c(Br)ccc(C)c1-c1nc2ccccc2c(=O)[nH]1. The molecule has 0 unspecified atom stereocenters. The van der Waals surface area contributed by atoms with Crippen molar-refractivity contribution in [3.05, 3.63) is 56.8 Å². The van der Waals surface area contributed by atoms with Gasteiger partial charge >= 0.3 is 0 Å². The van der Waals surface area contributed by atoms with Crippen molar-refractivity contribution in [3.63, 3.8) is 0 Å². The first-order valence-electron chi connectivity index (χ1n) is 6.44. The monoisotopic (exact) mass is 344 g/mol. The number of H-pyrrole nitrogens is 1. The summed E-state index contributed by atoms with van der Waals surface area (Å²) in [4.78, 5) is 19.6. The predicted molar refractivity (Wildman–Crippen MR) is 86.8 cm³/mol. The second-order valence-corrected chi connectivity index (χ2v) is 5.56. The van der Waals surface area contributed by atoms with Crippen molar-refractivity contribution in [2.24, 2.45) is 0 Å². The molecular weight excluding hydrogens is 332 g/mol. The van der Waals surface area contributed by atoms with E-state index in [1.165, 1.54) is 0 Å². The van der Waals surface area contributed by atoms with Crippen LogP contribution in [0.25, 0.3) is 22.3 Å². The van der Waals surface area contributed by atoms with Crippen LogP contribution < -0.4 is 10.3 Å². The number of methoxy groups -OCH3 is 1. The molecule has 0 spiro atoms. The molecule has 1 aromatic heterocycles. The van der Waals surface area contributed by atoms with E-state index >= 15 is 0 Å². The zero-order valence-corrected chi connectivity index (χ0v) is 13.2. The van der Waals surface area contributed by atoms with E-state index in [-0.39, 0.29) is 5.56 Å². The number of hydrogen-bond donors (Lipinski definition) is 1. The fraction of sp³-hybridized carbons (Fsp3) is 0.125. The summed E-state index contributed by atoms with van der Waals surface area (Å²) < 4.78 is 6.28. The van der Waals surface area contributed by atoms with Crippen LogP contribution in [-0.4, -0.2) is 17.1 Å². The number of aromatic nitrogens is 2. The van der Waals surface area contributed by atoms with Crippen LogP contribution in [0.5, 0.6) is 5.75 Å². The molecule has 0 amide bonds. The summed E-state index contributed by atoms with van der Waals surface area (Å²) in [7, 11) is 1.60. The number of hydrogen-bond acceptors (Lipinski definition) is 3. The van der Waals surface area contributed by atoms with Gasteiger partial charge in [0.15, 0.2) is 0 Å². The van der Waals surface area contributed by atoms with Gasteiger partial charge in [-0.25, -0.2) is 4.98 Å². The van der Waals surface area contributed by atoms with Gasteiger partial charge in [-0.05, 0) is 46.6 Å². The lowest BCUT2D eigenvalue weighted by Crippen LogP contribution is -2.10. The largest absolute Gasteiger partial charge is 0.495 e. The maximum absolute atomic E-state index is 12.2. The van der Waals surface area contributed by atoms with Crippen molar-refractivity contribution in [3.8, 4) is 17.1 Å². The van der Waals surface area contributed by atoms with Crippen LogP contribution in [0.15, 0.2) is 45.7 Å². The van der Waals surface area contributed by atoms with Gasteiger partial charge in [-0.15, -0.1) is 0 Å². The zero-order valence-electron chi connectivity index (χ0n) is 11.6. The molecule has 21 heavy (non-hydrogen) atoms. The molecule has 5 heteroatoms. The van der Waals surface area contributed by atoms with E-state index in [0.717, 1.165) is 15.6 Å². The number of aromatic amines is 1. The van der Waals surface area contributed by atoms with Crippen molar-refractivity contribution >= 4 is 26.8 Å². The number of halogens is 1. The van der Waals surface area contributed by atoms with E-state index in [9.17, 15) is 4.79 Å². The summed E-state index contributed by atoms with van der Waals surface area (Å²) in [5.74, 6) is 1.17. The smallest absolute Gasteiger partial charge is 0.259 e. The van der Waals surface area contributed by atoms with Crippen LogP contribution in [0.3, 0.4) is 0 Å². The van der Waals surface area contributed by atoms with Gasteiger partial charge in [0.05, 0.1) is 28.0 Å². The molecule has 4 nitrogen and oxygen atoms in total. The summed E-state index contributed by atoms with van der Waals surface area (Å²) in [5, 5.41) is 0.577. The van der Waals surface area contributed by atoms with E-state index in [1.807, 2.05) is 37.3 Å². The molecule has 0 aliphatic rings. The van der Waals surface area contributed by atoms with Crippen molar-refractivity contribution in [2.75, 3.05) is 7.11 Å². The van der Waals surface area contributed by atoms with Gasteiger partial charge in [-0.2, -0.15) is 0 Å². The Hall–Kier alpha value is -2.14. The van der Waals surface area contributed by atoms with E-state index in [1.54, 1.807) is 13.2 Å². The van der Waals surface area contributed by atoms with Crippen LogP contribution in [0.2, 0.25) is 0 Å². The Kier molecular flexibility index (Phi) is 3.51. The molecule has 0 radical (unpaired) electrons. The molecule has 1 N–H and O–H groups in total. The lowest BCUT2D eigenvalue weighted by atomic mass is 10.1. The average molecular weight is 345 g/mol. The minimum absolute atomic E-state index is 0.156. The van der Waals surface area contributed by atoms with Gasteiger partial charge < -0.3 is 9.72 Å². The van der Waals surface area contributed by atoms with Gasteiger partial charge in [-0.1, -0.05) is 18.2 Å². The maximum atomic E-state index is 12.2. The number of benzene rings is 2. The van der Waals surface area contributed by atoms with Crippen LogP contribution in [0, 0.1) is 6.92 Å². The van der Waals surface area contributed by atoms with Crippen LogP contribution >= 0.6 is 15.9 Å². The summed E-state index contributed by atoms with van der Waals surface area (Å²) in [6.07, 6.45) is 0. The fourth-order valence-corrected chi connectivity index (χ4v) is 2.85. The highest BCUT2D eigenvalue weighted by Gasteiger charge is 2.15. The molecule has 0 atom stereocenters. The number of ether oxygens (including phenoxy) is 1. The van der Waals surface area contributed by atoms with Gasteiger partial charge in [0.25, 0.3) is 5.56 Å². The highest BCUT2D eigenvalue weighted by Crippen LogP contribution is 2.37. The highest BCUT2D eigenvalue weighted by molar-refractivity contribution is 9.10. The van der Waals surface area contributed by atoms with Crippen LogP contribution in [-0.2, 0) is 0 Å². The molecule has 106 valence electrons. The standard InChI is InChI=1S/C16H13BrN2O2/c1-9-7-8-11(17)14(21-2)13(9)15-18-12-6-4-3-5-10(12)16(20)19-15/h3-8H,1-2H3,(H,18,19,20). The first-order valence-corrected chi connectivity index (χ1v) is 7.23. The minimum Gasteiger partial charge on any atom is -0.495 e. The topological polar surface area (TPSA) is 55.0 Å². The lowest BCUT2D eigenvalue weighted by Gasteiger charge is -2.13. The van der Waals surface area contributed by atoms with E-state index in [2.05, 4.69) is 25.9 Å². The van der Waals surface area contributed by atoms with E-state index in [4.69, 9.17) is 4.74 Å². The third-order valence-electron chi connectivity index (χ3n) is 3.37. The Morgan fingerprint density at radius 1 is 1.19 bits per heavy atom. The number of rotatable bonds is 2. The Labute approximate surface area is 129 Å². The third kappa shape index (κ3) is 2.34. The summed E-state index contributed by atoms with van der Waals surface area (Å²) in [6, 6.07) is 11.1. The quantitative estimate of drug-likeness (QED) is 0.771. The summed E-state index contributed by atoms with van der Waals surface area (Å²) in [6.45, 7) is 1.96. The lowest BCUT2D eigenvalue weighted by molar-refractivity contribution is 0.413. The molecule has 2 aromatic carbocycles. The maximum Gasteiger partial charge on any atom is 0.259 e. The Morgan fingerprint density at radius 3 is 2.71 bits per heavy atom. The van der Waals surface area contributed by atoms with Crippen molar-refractivity contribution in [1.29, 1.82) is 0 Å². The highest BCUT2D eigenvalue weighted by atomic mass is 79.9. The zero-order chi connectivity index (χ0) is 15.0. The minimum atomic E-state index is -0.156. The molecule has 0 aliphatic carbocycles. The fourth-order valence-electron chi connectivity index (χ4n) is 2.35. The Morgan fingerprint density at radius 2 is 1.95 bits per heavy atom. The molecule has 3 rings (SSSR count). The molecule has 0 aliphatic heterocycles. The Balaban J connectivity index is 2.36. The molecule has 0 bridgehead atoms. The number of fused-ring (bicyclic) bond motifs is 1. The second kappa shape index (κ2) is 5.33. The van der Waals surface area contributed by atoms with Gasteiger partial charge in [-0.3, -0.25) is 4.79 Å². The normalized spacial score (nSPS) is 10.8. The first-order chi connectivity index (χ1) is 10.1. The number of nitrogens with zero attached hydrogens (tertiary/aromatic N) is 1. The van der Waals surface area contributed by atoms with Gasteiger partial charge in [0.2, 0.25) is 0 Å². The molecule has 0 fully saturated rings. The molecular formula is C16H13BrN2O2. The van der Waals surface area contributed by atoms with Crippen molar-refractivity contribution < 1.29 is 4.74 Å². The average Bonchev–Trinajstić information content (AvgIpc) is 2.49. The first kappa shape index (κ1) is 13.8.